The molecule has 1 aromatic heterocycles. The fourth-order valence-corrected chi connectivity index (χ4v) is 2.77. The Morgan fingerprint density at radius 1 is 1.07 bits per heavy atom. The van der Waals surface area contributed by atoms with Gasteiger partial charge in [-0.2, -0.15) is 13.2 Å². The number of nitrogens with zero attached hydrogens (tertiary/aromatic N) is 4. The predicted octanol–water partition coefficient (Wildman–Crippen LogP) is 2.61. The number of aromatic nitrogens is 2. The van der Waals surface area contributed by atoms with Gasteiger partial charge in [0, 0.05) is 31.7 Å². The van der Waals surface area contributed by atoms with E-state index in [1.807, 2.05) is 0 Å². The lowest BCUT2D eigenvalue weighted by Crippen LogP contribution is -2.49. The Morgan fingerprint density at radius 3 is 2.30 bits per heavy atom. The van der Waals surface area contributed by atoms with Crippen LogP contribution in [-0.4, -0.2) is 54.3 Å². The topological polar surface area (TPSA) is 58.6 Å². The summed E-state index contributed by atoms with van der Waals surface area (Å²) in [6.45, 7) is 1.42. The molecule has 0 radical (unpaired) electrons. The molecule has 6 nitrogen and oxygen atoms in total. The van der Waals surface area contributed by atoms with Crippen molar-refractivity contribution < 1.29 is 27.1 Å². The van der Waals surface area contributed by atoms with Crippen molar-refractivity contribution in [1.82, 2.24) is 15.1 Å². The van der Waals surface area contributed by atoms with E-state index < -0.39 is 17.7 Å². The van der Waals surface area contributed by atoms with Crippen molar-refractivity contribution in [2.75, 3.05) is 38.2 Å². The number of ether oxygens (including phenoxy) is 1. The fourth-order valence-electron chi connectivity index (χ4n) is 2.77. The van der Waals surface area contributed by atoms with Crippen LogP contribution in [0.3, 0.4) is 0 Å². The number of methoxy groups -OCH3 is 1. The van der Waals surface area contributed by atoms with Crippen LogP contribution in [0.4, 0.5) is 23.4 Å². The molecule has 144 valence electrons. The van der Waals surface area contributed by atoms with Gasteiger partial charge < -0.3 is 14.5 Å². The first-order valence-electron chi connectivity index (χ1n) is 8.08. The second-order valence-electron chi connectivity index (χ2n) is 5.90. The van der Waals surface area contributed by atoms with Gasteiger partial charge in [0.15, 0.2) is 23.1 Å². The van der Waals surface area contributed by atoms with E-state index in [0.717, 1.165) is 12.1 Å². The molecule has 2 heterocycles. The van der Waals surface area contributed by atoms with E-state index in [-0.39, 0.29) is 17.2 Å². The average molecular weight is 384 g/mol. The fraction of sp³-hybridized carbons (Fsp3) is 0.353. The van der Waals surface area contributed by atoms with E-state index in [1.165, 1.54) is 25.3 Å². The number of amides is 1. The Kier molecular flexibility index (Phi) is 5.15. The molecule has 10 heteroatoms. The van der Waals surface area contributed by atoms with Crippen LogP contribution in [0.1, 0.15) is 16.1 Å². The van der Waals surface area contributed by atoms with Gasteiger partial charge in [-0.25, -0.2) is 4.39 Å². The summed E-state index contributed by atoms with van der Waals surface area (Å²) in [6, 6.07) is 6.12. The molecule has 1 aliphatic heterocycles. The van der Waals surface area contributed by atoms with Gasteiger partial charge in [-0.3, -0.25) is 4.79 Å². The van der Waals surface area contributed by atoms with Crippen LogP contribution < -0.4 is 9.64 Å². The van der Waals surface area contributed by atoms with E-state index in [1.54, 1.807) is 9.80 Å². The molecule has 0 bridgehead atoms. The standard InChI is InChI=1S/C17H16F4N4O2/c1-27-13-3-2-11(10-12(13)18)16(26)25-8-6-24(7-9-25)15-5-4-14(22-23-15)17(19,20)21/h2-5,10H,6-9H2,1H3. The van der Waals surface area contributed by atoms with Crippen molar-refractivity contribution in [2.24, 2.45) is 0 Å². The molecule has 1 fully saturated rings. The number of carbonyl (C=O) groups is 1. The normalized spacial score (nSPS) is 15.0. The zero-order chi connectivity index (χ0) is 19.6. The smallest absolute Gasteiger partial charge is 0.435 e. The first-order chi connectivity index (χ1) is 12.8. The highest BCUT2D eigenvalue weighted by molar-refractivity contribution is 5.94. The van der Waals surface area contributed by atoms with Gasteiger partial charge in [0.25, 0.3) is 5.91 Å². The third-order valence-corrected chi connectivity index (χ3v) is 4.23. The van der Waals surface area contributed by atoms with Crippen molar-refractivity contribution in [1.29, 1.82) is 0 Å². The van der Waals surface area contributed by atoms with Gasteiger partial charge in [-0.15, -0.1) is 10.2 Å². The molecule has 1 aliphatic rings. The molecular weight excluding hydrogens is 368 g/mol. The first kappa shape index (κ1) is 18.9. The number of benzene rings is 1. The van der Waals surface area contributed by atoms with Gasteiger partial charge in [-0.05, 0) is 30.3 Å². The molecule has 1 aromatic carbocycles. The van der Waals surface area contributed by atoms with Crippen LogP contribution in [-0.2, 0) is 6.18 Å². The molecule has 0 atom stereocenters. The first-order valence-corrected chi connectivity index (χ1v) is 8.08. The minimum absolute atomic E-state index is 0.0530. The Bertz CT molecular complexity index is 819. The summed E-state index contributed by atoms with van der Waals surface area (Å²) in [7, 11) is 1.34. The van der Waals surface area contributed by atoms with E-state index in [4.69, 9.17) is 4.74 Å². The number of carbonyl (C=O) groups excluding carboxylic acids is 1. The van der Waals surface area contributed by atoms with Gasteiger partial charge in [0.2, 0.25) is 0 Å². The van der Waals surface area contributed by atoms with Gasteiger partial charge in [0.05, 0.1) is 7.11 Å². The second-order valence-corrected chi connectivity index (χ2v) is 5.90. The average Bonchev–Trinajstić information content (AvgIpc) is 2.67. The van der Waals surface area contributed by atoms with E-state index in [0.29, 0.717) is 32.0 Å². The Balaban J connectivity index is 1.63. The highest BCUT2D eigenvalue weighted by Gasteiger charge is 2.33. The van der Waals surface area contributed by atoms with Crippen LogP contribution in [0, 0.1) is 5.82 Å². The summed E-state index contributed by atoms with van der Waals surface area (Å²) in [5, 5.41) is 6.82. The van der Waals surface area contributed by atoms with Crippen LogP contribution in [0.15, 0.2) is 30.3 Å². The Hall–Kier alpha value is -2.91. The summed E-state index contributed by atoms with van der Waals surface area (Å²) in [5.74, 6) is -0.584. The monoisotopic (exact) mass is 384 g/mol. The molecule has 0 aliphatic carbocycles. The Labute approximate surface area is 152 Å². The number of piperazine rings is 1. The molecule has 0 unspecified atom stereocenters. The van der Waals surface area contributed by atoms with Gasteiger partial charge in [0.1, 0.15) is 0 Å². The minimum Gasteiger partial charge on any atom is -0.494 e. The van der Waals surface area contributed by atoms with Crippen LogP contribution in [0.5, 0.6) is 5.75 Å². The summed E-state index contributed by atoms with van der Waals surface area (Å²) in [6.07, 6.45) is -4.54. The molecule has 0 saturated carbocycles. The van der Waals surface area contributed by atoms with Crippen molar-refractivity contribution in [3.63, 3.8) is 0 Å². The lowest BCUT2D eigenvalue weighted by atomic mass is 10.1. The lowest BCUT2D eigenvalue weighted by molar-refractivity contribution is -0.141. The van der Waals surface area contributed by atoms with Crippen LogP contribution >= 0.6 is 0 Å². The van der Waals surface area contributed by atoms with Crippen molar-refractivity contribution in [2.45, 2.75) is 6.18 Å². The summed E-state index contributed by atoms with van der Waals surface area (Å²) >= 11 is 0. The number of rotatable bonds is 3. The maximum Gasteiger partial charge on any atom is 0.435 e. The number of halogens is 4. The van der Waals surface area contributed by atoms with Gasteiger partial charge in [-0.1, -0.05) is 0 Å². The molecule has 3 rings (SSSR count). The Morgan fingerprint density at radius 2 is 1.78 bits per heavy atom. The maximum atomic E-state index is 13.8. The highest BCUT2D eigenvalue weighted by atomic mass is 19.4. The van der Waals surface area contributed by atoms with Crippen molar-refractivity contribution in [3.05, 3.63) is 47.4 Å². The van der Waals surface area contributed by atoms with E-state index in [2.05, 4.69) is 10.2 Å². The molecule has 27 heavy (non-hydrogen) atoms. The molecule has 1 amide bonds. The van der Waals surface area contributed by atoms with Crippen molar-refractivity contribution in [3.8, 4) is 5.75 Å². The molecule has 1 saturated heterocycles. The number of alkyl halides is 3. The van der Waals surface area contributed by atoms with Gasteiger partial charge >= 0.3 is 6.18 Å². The highest BCUT2D eigenvalue weighted by Crippen LogP contribution is 2.27. The van der Waals surface area contributed by atoms with Crippen LogP contribution in [0.25, 0.3) is 0 Å². The van der Waals surface area contributed by atoms with E-state index in [9.17, 15) is 22.4 Å². The van der Waals surface area contributed by atoms with Crippen LogP contribution in [0.2, 0.25) is 0 Å². The quantitative estimate of drug-likeness (QED) is 0.762. The maximum absolute atomic E-state index is 13.8. The predicted molar refractivity (Wildman–Crippen MR) is 88.1 cm³/mol. The number of hydrogen-bond acceptors (Lipinski definition) is 5. The minimum atomic E-state index is -4.54. The molecular formula is C17H16F4N4O2. The van der Waals surface area contributed by atoms with E-state index >= 15 is 0 Å². The molecule has 2 aromatic rings. The SMILES string of the molecule is COc1ccc(C(=O)N2CCN(c3ccc(C(F)(F)F)nn3)CC2)cc1F. The zero-order valence-electron chi connectivity index (χ0n) is 14.3. The number of hydrogen-bond donors (Lipinski definition) is 0. The summed E-state index contributed by atoms with van der Waals surface area (Å²) in [4.78, 5) is 15.8. The lowest BCUT2D eigenvalue weighted by Gasteiger charge is -2.35. The zero-order valence-corrected chi connectivity index (χ0v) is 14.3. The number of anilines is 1. The third-order valence-electron chi connectivity index (χ3n) is 4.23. The molecule has 0 N–H and O–H groups in total. The summed E-state index contributed by atoms with van der Waals surface area (Å²) < 4.78 is 56.2. The van der Waals surface area contributed by atoms with Crippen molar-refractivity contribution >= 4 is 11.7 Å². The largest absolute Gasteiger partial charge is 0.494 e. The third kappa shape index (κ3) is 4.09. The summed E-state index contributed by atoms with van der Waals surface area (Å²) in [5.41, 5.74) is -0.849. The molecule has 0 spiro atoms. The second kappa shape index (κ2) is 7.37.